The van der Waals surface area contributed by atoms with Crippen molar-refractivity contribution in [1.29, 1.82) is 0 Å². The first kappa shape index (κ1) is 16.4. The molecule has 0 radical (unpaired) electrons. The van der Waals surface area contributed by atoms with Crippen LogP contribution in [0.5, 0.6) is 10.8 Å². The van der Waals surface area contributed by atoms with Crippen molar-refractivity contribution in [3.63, 3.8) is 0 Å². The topological polar surface area (TPSA) is 73.1 Å². The highest BCUT2D eigenvalue weighted by atomic mass is 32.1. The lowest BCUT2D eigenvalue weighted by atomic mass is 10.1. The zero-order valence-electron chi connectivity index (χ0n) is 14.1. The number of nitrogens with two attached hydrogens (primary N) is 1. The number of anilines is 2. The van der Waals surface area contributed by atoms with Crippen LogP contribution >= 0.6 is 11.3 Å². The first-order valence-corrected chi connectivity index (χ1v) is 9.21. The Hall–Kier alpha value is -3.12. The Morgan fingerprint density at radius 1 is 1.04 bits per heavy atom. The summed E-state index contributed by atoms with van der Waals surface area (Å²) in [6, 6.07) is 17.7. The van der Waals surface area contributed by atoms with Crippen molar-refractivity contribution < 1.29 is 4.74 Å². The lowest BCUT2D eigenvalue weighted by Gasteiger charge is -2.11. The summed E-state index contributed by atoms with van der Waals surface area (Å²) in [5.41, 5.74) is 8.61. The number of fused-ring (bicyclic) bond motifs is 1. The summed E-state index contributed by atoms with van der Waals surface area (Å²) in [6.45, 7) is 0.728. The number of aromatic nitrogens is 2. The maximum absolute atomic E-state index is 5.99. The molecule has 0 atom stereocenters. The molecule has 2 aromatic carbocycles. The van der Waals surface area contributed by atoms with Gasteiger partial charge < -0.3 is 15.8 Å². The van der Waals surface area contributed by atoms with Crippen LogP contribution in [0.2, 0.25) is 0 Å². The van der Waals surface area contributed by atoms with Crippen LogP contribution in [0.3, 0.4) is 0 Å². The fourth-order valence-electron chi connectivity index (χ4n) is 2.77. The number of nitrogen functional groups attached to an aromatic ring is 1. The van der Waals surface area contributed by atoms with Crippen molar-refractivity contribution in [3.05, 3.63) is 71.9 Å². The van der Waals surface area contributed by atoms with Crippen LogP contribution < -0.4 is 15.8 Å². The minimum atomic E-state index is 0.699. The number of thiophene rings is 1. The number of nitrogens with one attached hydrogen (secondary N) is 1. The predicted octanol–water partition coefficient (Wildman–Crippen LogP) is 4.72. The molecule has 0 amide bonds. The van der Waals surface area contributed by atoms with E-state index >= 15 is 0 Å². The molecule has 2 aromatic heterocycles. The van der Waals surface area contributed by atoms with E-state index in [2.05, 4.69) is 21.4 Å². The summed E-state index contributed by atoms with van der Waals surface area (Å²) in [5.74, 6) is 1.67. The average Bonchev–Trinajstić information content (AvgIpc) is 3.16. The molecular formula is C20H18N4OS. The van der Waals surface area contributed by atoms with Crippen LogP contribution in [0.1, 0.15) is 5.56 Å². The molecule has 0 fully saturated rings. The maximum atomic E-state index is 5.99. The third-order valence-electron chi connectivity index (χ3n) is 4.02. The number of hydrogen-bond acceptors (Lipinski definition) is 6. The van der Waals surface area contributed by atoms with Gasteiger partial charge in [0.05, 0.1) is 5.52 Å². The fraction of sp³-hybridized carbons (Fsp3) is 0.100. The highest BCUT2D eigenvalue weighted by Gasteiger charge is 2.07. The third-order valence-corrected chi connectivity index (χ3v) is 4.77. The van der Waals surface area contributed by atoms with Crippen molar-refractivity contribution in [2.75, 3.05) is 17.6 Å². The van der Waals surface area contributed by atoms with Gasteiger partial charge in [0.2, 0.25) is 0 Å². The summed E-state index contributed by atoms with van der Waals surface area (Å²) in [4.78, 5) is 8.63. The van der Waals surface area contributed by atoms with Crippen LogP contribution in [-0.4, -0.2) is 16.5 Å². The Labute approximate surface area is 155 Å². The summed E-state index contributed by atoms with van der Waals surface area (Å²) >= 11 is 1.58. The lowest BCUT2D eigenvalue weighted by molar-refractivity contribution is 0.490. The van der Waals surface area contributed by atoms with E-state index in [1.54, 1.807) is 17.7 Å². The van der Waals surface area contributed by atoms with Crippen molar-refractivity contribution >= 4 is 33.7 Å². The van der Waals surface area contributed by atoms with Crippen LogP contribution in [0.25, 0.3) is 10.9 Å². The second-order valence-electron chi connectivity index (χ2n) is 5.82. The van der Waals surface area contributed by atoms with E-state index in [-0.39, 0.29) is 0 Å². The van der Waals surface area contributed by atoms with Gasteiger partial charge in [-0.15, -0.1) is 11.3 Å². The number of rotatable bonds is 6. The number of para-hydroxylation sites is 1. The van der Waals surface area contributed by atoms with Crippen LogP contribution in [-0.2, 0) is 6.42 Å². The molecule has 0 aliphatic rings. The lowest BCUT2D eigenvalue weighted by Crippen LogP contribution is -2.08. The molecule has 0 bridgehead atoms. The van der Waals surface area contributed by atoms with Gasteiger partial charge in [0.1, 0.15) is 17.9 Å². The number of ether oxygens (including phenoxy) is 1. The van der Waals surface area contributed by atoms with Gasteiger partial charge >= 0.3 is 0 Å². The minimum absolute atomic E-state index is 0.699. The van der Waals surface area contributed by atoms with Crippen LogP contribution in [0, 0.1) is 0 Å². The normalized spacial score (nSPS) is 10.8. The fourth-order valence-corrected chi connectivity index (χ4v) is 3.36. The molecule has 0 saturated heterocycles. The van der Waals surface area contributed by atoms with Crippen molar-refractivity contribution in [2.45, 2.75) is 6.42 Å². The summed E-state index contributed by atoms with van der Waals surface area (Å²) in [6.07, 6.45) is 2.38. The summed E-state index contributed by atoms with van der Waals surface area (Å²) in [7, 11) is 0. The number of hydrogen-bond donors (Lipinski definition) is 2. The molecule has 4 aromatic rings. The molecule has 0 aliphatic carbocycles. The van der Waals surface area contributed by atoms with Gasteiger partial charge in [0.15, 0.2) is 5.06 Å². The van der Waals surface area contributed by atoms with E-state index in [1.807, 2.05) is 53.9 Å². The number of nitrogens with zero attached hydrogens (tertiary/aromatic N) is 2. The molecule has 0 aliphatic heterocycles. The molecule has 130 valence electrons. The molecule has 26 heavy (non-hydrogen) atoms. The average molecular weight is 362 g/mol. The van der Waals surface area contributed by atoms with Crippen molar-refractivity contribution in [3.8, 4) is 10.8 Å². The summed E-state index contributed by atoms with van der Waals surface area (Å²) < 4.78 is 5.99. The van der Waals surface area contributed by atoms with Crippen LogP contribution in [0.15, 0.2) is 66.3 Å². The van der Waals surface area contributed by atoms with E-state index in [0.717, 1.165) is 46.1 Å². The van der Waals surface area contributed by atoms with E-state index in [0.29, 0.717) is 5.69 Å². The number of benzene rings is 2. The second kappa shape index (κ2) is 7.41. The molecule has 2 heterocycles. The molecule has 3 N–H and O–H groups in total. The van der Waals surface area contributed by atoms with Gasteiger partial charge in [0.25, 0.3) is 0 Å². The Bertz CT molecular complexity index is 1020. The van der Waals surface area contributed by atoms with E-state index < -0.39 is 0 Å². The molecule has 4 rings (SSSR count). The van der Waals surface area contributed by atoms with E-state index in [4.69, 9.17) is 10.5 Å². The molecule has 0 saturated carbocycles. The van der Waals surface area contributed by atoms with Gasteiger partial charge in [-0.25, -0.2) is 9.97 Å². The Morgan fingerprint density at radius 3 is 2.85 bits per heavy atom. The first-order chi connectivity index (χ1) is 12.8. The maximum Gasteiger partial charge on any atom is 0.180 e. The Kier molecular flexibility index (Phi) is 4.66. The summed E-state index contributed by atoms with van der Waals surface area (Å²) in [5, 5.41) is 7.21. The predicted molar refractivity (Wildman–Crippen MR) is 107 cm³/mol. The highest BCUT2D eigenvalue weighted by molar-refractivity contribution is 7.11. The zero-order chi connectivity index (χ0) is 17.8. The van der Waals surface area contributed by atoms with E-state index in [1.165, 1.54) is 0 Å². The standard InChI is InChI=1S/C20H18N4OS/c21-15-7-8-17-16(12-15)20(24-13-23-17)22-10-9-14-4-1-2-5-18(14)25-19-6-3-11-26-19/h1-8,11-13H,9-10,21H2,(H,22,23,24). The third kappa shape index (κ3) is 3.60. The minimum Gasteiger partial charge on any atom is -0.446 e. The first-order valence-electron chi connectivity index (χ1n) is 8.33. The Balaban J connectivity index is 1.48. The van der Waals surface area contributed by atoms with Crippen molar-refractivity contribution in [2.24, 2.45) is 0 Å². The smallest absolute Gasteiger partial charge is 0.180 e. The molecule has 0 spiro atoms. The molecular weight excluding hydrogens is 344 g/mol. The van der Waals surface area contributed by atoms with Gasteiger partial charge in [-0.3, -0.25) is 0 Å². The second-order valence-corrected chi connectivity index (χ2v) is 6.73. The van der Waals surface area contributed by atoms with Gasteiger partial charge in [0, 0.05) is 17.6 Å². The van der Waals surface area contributed by atoms with Gasteiger partial charge in [-0.1, -0.05) is 18.2 Å². The molecule has 5 nitrogen and oxygen atoms in total. The Morgan fingerprint density at radius 2 is 1.96 bits per heavy atom. The van der Waals surface area contributed by atoms with Gasteiger partial charge in [-0.05, 0) is 53.8 Å². The largest absolute Gasteiger partial charge is 0.446 e. The quantitative estimate of drug-likeness (QED) is 0.486. The van der Waals surface area contributed by atoms with E-state index in [9.17, 15) is 0 Å². The molecule has 0 unspecified atom stereocenters. The monoisotopic (exact) mass is 362 g/mol. The highest BCUT2D eigenvalue weighted by Crippen LogP contribution is 2.29. The van der Waals surface area contributed by atoms with Crippen LogP contribution in [0.4, 0.5) is 11.5 Å². The zero-order valence-corrected chi connectivity index (χ0v) is 14.9. The van der Waals surface area contributed by atoms with Gasteiger partial charge in [-0.2, -0.15) is 0 Å². The SMILES string of the molecule is Nc1ccc2ncnc(NCCc3ccccc3Oc3cccs3)c2c1. The van der Waals surface area contributed by atoms with Crippen molar-refractivity contribution in [1.82, 2.24) is 9.97 Å². The molecule has 6 heteroatoms.